The molecule has 0 amide bonds. The van der Waals surface area contributed by atoms with Crippen LogP contribution in [0.15, 0.2) is 36.4 Å². The number of hydrogen-bond acceptors (Lipinski definition) is 6. The summed E-state index contributed by atoms with van der Waals surface area (Å²) in [5, 5.41) is 1.18. The van der Waals surface area contributed by atoms with Crippen LogP contribution in [0.25, 0.3) is 20.8 Å². The topological polar surface area (TPSA) is 57.7 Å². The van der Waals surface area contributed by atoms with Gasteiger partial charge in [-0.2, -0.15) is 0 Å². The molecule has 1 aromatic heterocycles. The molecule has 5 nitrogen and oxygen atoms in total. The van der Waals surface area contributed by atoms with Crippen LogP contribution in [0.4, 0.5) is 0 Å². The van der Waals surface area contributed by atoms with Crippen molar-refractivity contribution in [2.45, 2.75) is 6.92 Å². The van der Waals surface area contributed by atoms with Crippen molar-refractivity contribution in [3.05, 3.63) is 41.4 Å². The summed E-state index contributed by atoms with van der Waals surface area (Å²) in [7, 11) is 1.52. The van der Waals surface area contributed by atoms with Crippen LogP contribution in [0.5, 0.6) is 11.5 Å². The van der Waals surface area contributed by atoms with Crippen LogP contribution in [0.1, 0.15) is 6.92 Å². The van der Waals surface area contributed by atoms with Gasteiger partial charge < -0.3 is 14.2 Å². The number of rotatable bonds is 6. The number of fused-ring (bicyclic) bond motifs is 1. The number of thiazole rings is 1. The van der Waals surface area contributed by atoms with Gasteiger partial charge in [0.05, 0.1) is 29.0 Å². The van der Waals surface area contributed by atoms with Gasteiger partial charge in [-0.05, 0) is 31.2 Å². The Balaban J connectivity index is 1.92. The predicted molar refractivity (Wildman–Crippen MR) is 98.7 cm³/mol. The Morgan fingerprint density at radius 3 is 2.80 bits per heavy atom. The standard InChI is InChI=1S/C18H16ClNO4S/c1-3-23-16(21)10-24-17-12(19)8-11(9-14(17)22-2)18-20-13-6-4-5-7-15(13)25-18/h4-9H,3,10H2,1-2H3. The summed E-state index contributed by atoms with van der Waals surface area (Å²) in [5.74, 6) is 0.281. The molecule has 1 heterocycles. The Bertz CT molecular complexity index is 876. The molecule has 3 rings (SSSR count). The molecule has 0 fully saturated rings. The van der Waals surface area contributed by atoms with E-state index in [4.69, 9.17) is 25.8 Å². The fourth-order valence-electron chi connectivity index (χ4n) is 2.31. The van der Waals surface area contributed by atoms with Crippen LogP contribution >= 0.6 is 22.9 Å². The first-order chi connectivity index (χ1) is 12.1. The molecule has 0 aliphatic heterocycles. The van der Waals surface area contributed by atoms with E-state index in [2.05, 4.69) is 4.98 Å². The Kier molecular flexibility index (Phi) is 5.40. The van der Waals surface area contributed by atoms with Gasteiger partial charge in [0, 0.05) is 5.56 Å². The zero-order valence-corrected chi connectivity index (χ0v) is 15.3. The number of ether oxygens (including phenoxy) is 3. The van der Waals surface area contributed by atoms with Crippen LogP contribution in [0.3, 0.4) is 0 Å². The first-order valence-corrected chi connectivity index (χ1v) is 8.83. The molecule has 2 aromatic carbocycles. The fourth-order valence-corrected chi connectivity index (χ4v) is 3.53. The minimum absolute atomic E-state index is 0.232. The second-order valence-corrected chi connectivity index (χ2v) is 6.51. The maximum Gasteiger partial charge on any atom is 0.344 e. The van der Waals surface area contributed by atoms with Crippen LogP contribution in [0, 0.1) is 0 Å². The largest absolute Gasteiger partial charge is 0.493 e. The third kappa shape index (κ3) is 3.86. The highest BCUT2D eigenvalue weighted by atomic mass is 35.5. The third-order valence-electron chi connectivity index (χ3n) is 3.41. The summed E-state index contributed by atoms with van der Waals surface area (Å²) < 4.78 is 16.8. The average Bonchev–Trinajstić information content (AvgIpc) is 3.04. The zero-order chi connectivity index (χ0) is 17.8. The minimum Gasteiger partial charge on any atom is -0.493 e. The Hall–Kier alpha value is -2.31. The molecule has 0 N–H and O–H groups in total. The van der Waals surface area contributed by atoms with Gasteiger partial charge >= 0.3 is 5.97 Å². The van der Waals surface area contributed by atoms with Crippen molar-refractivity contribution in [2.75, 3.05) is 20.3 Å². The maximum atomic E-state index is 11.5. The smallest absolute Gasteiger partial charge is 0.344 e. The van der Waals surface area contributed by atoms with Crippen molar-refractivity contribution in [3.63, 3.8) is 0 Å². The van der Waals surface area contributed by atoms with Gasteiger partial charge in [0.2, 0.25) is 0 Å². The lowest BCUT2D eigenvalue weighted by molar-refractivity contribution is -0.145. The highest BCUT2D eigenvalue weighted by molar-refractivity contribution is 7.21. The van der Waals surface area contributed by atoms with Crippen LogP contribution in [-0.4, -0.2) is 31.3 Å². The lowest BCUT2D eigenvalue weighted by atomic mass is 10.2. The lowest BCUT2D eigenvalue weighted by Crippen LogP contribution is -2.15. The van der Waals surface area contributed by atoms with Crippen molar-refractivity contribution in [3.8, 4) is 22.1 Å². The van der Waals surface area contributed by atoms with E-state index in [-0.39, 0.29) is 6.61 Å². The van der Waals surface area contributed by atoms with Crippen molar-refractivity contribution in [1.29, 1.82) is 0 Å². The number of carbonyl (C=O) groups is 1. The molecule has 0 aliphatic rings. The molecular formula is C18H16ClNO4S. The van der Waals surface area contributed by atoms with E-state index in [1.165, 1.54) is 7.11 Å². The van der Waals surface area contributed by atoms with E-state index >= 15 is 0 Å². The monoisotopic (exact) mass is 377 g/mol. The average molecular weight is 378 g/mol. The van der Waals surface area contributed by atoms with Crippen LogP contribution in [0.2, 0.25) is 5.02 Å². The van der Waals surface area contributed by atoms with Gasteiger partial charge in [-0.1, -0.05) is 23.7 Å². The molecule has 0 saturated heterocycles. The Morgan fingerprint density at radius 2 is 2.08 bits per heavy atom. The summed E-state index contributed by atoms with van der Waals surface area (Å²) in [4.78, 5) is 16.1. The number of carbonyl (C=O) groups excluding carboxylic acids is 1. The van der Waals surface area contributed by atoms with E-state index < -0.39 is 5.97 Å². The minimum atomic E-state index is -0.462. The summed E-state index contributed by atoms with van der Waals surface area (Å²) in [6.07, 6.45) is 0. The van der Waals surface area contributed by atoms with Gasteiger partial charge in [0.25, 0.3) is 0 Å². The molecule has 3 aromatic rings. The van der Waals surface area contributed by atoms with Crippen molar-refractivity contribution < 1.29 is 19.0 Å². The summed E-state index contributed by atoms with van der Waals surface area (Å²) in [6.45, 7) is 1.80. The molecule has 25 heavy (non-hydrogen) atoms. The molecule has 130 valence electrons. The first-order valence-electron chi connectivity index (χ1n) is 7.64. The van der Waals surface area contributed by atoms with Crippen molar-refractivity contribution in [1.82, 2.24) is 4.98 Å². The van der Waals surface area contributed by atoms with Crippen molar-refractivity contribution in [2.24, 2.45) is 0 Å². The molecule has 0 radical (unpaired) electrons. The van der Waals surface area contributed by atoms with E-state index in [0.717, 1.165) is 20.8 Å². The maximum absolute atomic E-state index is 11.5. The van der Waals surface area contributed by atoms with Gasteiger partial charge in [-0.3, -0.25) is 0 Å². The highest BCUT2D eigenvalue weighted by Crippen LogP contribution is 2.41. The first kappa shape index (κ1) is 17.5. The Labute approximate surface area is 154 Å². The summed E-state index contributed by atoms with van der Waals surface area (Å²) in [5.41, 5.74) is 1.76. The van der Waals surface area contributed by atoms with E-state index in [1.54, 1.807) is 30.4 Å². The van der Waals surface area contributed by atoms with Gasteiger partial charge in [-0.15, -0.1) is 11.3 Å². The number of esters is 1. The SMILES string of the molecule is CCOC(=O)COc1c(Cl)cc(-c2nc3ccccc3s2)cc1OC. The molecule has 0 unspecified atom stereocenters. The van der Waals surface area contributed by atoms with E-state index in [9.17, 15) is 4.79 Å². The number of hydrogen-bond donors (Lipinski definition) is 0. The van der Waals surface area contributed by atoms with E-state index in [1.807, 2.05) is 24.3 Å². The van der Waals surface area contributed by atoms with Crippen molar-refractivity contribution >= 4 is 39.1 Å². The molecule has 0 aliphatic carbocycles. The second-order valence-electron chi connectivity index (χ2n) is 5.07. The molecular weight excluding hydrogens is 362 g/mol. The number of aromatic nitrogens is 1. The highest BCUT2D eigenvalue weighted by Gasteiger charge is 2.16. The molecule has 0 saturated carbocycles. The molecule has 0 atom stereocenters. The van der Waals surface area contributed by atoms with Gasteiger partial charge in [0.1, 0.15) is 5.01 Å². The summed E-state index contributed by atoms with van der Waals surface area (Å²) in [6, 6.07) is 11.5. The molecule has 0 bridgehead atoms. The number of nitrogens with zero attached hydrogens (tertiary/aromatic N) is 1. The number of benzene rings is 2. The number of methoxy groups -OCH3 is 1. The van der Waals surface area contributed by atoms with Gasteiger partial charge in [-0.25, -0.2) is 9.78 Å². The van der Waals surface area contributed by atoms with Crippen LogP contribution < -0.4 is 9.47 Å². The molecule has 0 spiro atoms. The summed E-state index contributed by atoms with van der Waals surface area (Å²) >= 11 is 7.91. The zero-order valence-electron chi connectivity index (χ0n) is 13.7. The van der Waals surface area contributed by atoms with Gasteiger partial charge in [0.15, 0.2) is 18.1 Å². The number of halogens is 1. The Morgan fingerprint density at radius 1 is 1.28 bits per heavy atom. The normalized spacial score (nSPS) is 10.7. The second kappa shape index (κ2) is 7.72. The lowest BCUT2D eigenvalue weighted by Gasteiger charge is -2.13. The fraction of sp³-hybridized carbons (Fsp3) is 0.222. The predicted octanol–water partition coefficient (Wildman–Crippen LogP) is 4.57. The quantitative estimate of drug-likeness (QED) is 0.589. The third-order valence-corrected chi connectivity index (χ3v) is 4.78. The number of para-hydroxylation sites is 1. The molecule has 7 heteroatoms. The van der Waals surface area contributed by atoms with E-state index in [0.29, 0.717) is 23.1 Å². The van der Waals surface area contributed by atoms with Crippen LogP contribution in [-0.2, 0) is 9.53 Å².